The van der Waals surface area contributed by atoms with Gasteiger partial charge in [-0.25, -0.2) is 0 Å². The van der Waals surface area contributed by atoms with Crippen LogP contribution >= 0.6 is 0 Å². The van der Waals surface area contributed by atoms with E-state index in [-0.39, 0.29) is 0 Å². The first-order chi connectivity index (χ1) is 8.67. The number of nitrogens with zero attached hydrogens (tertiary/aromatic N) is 3. The Kier molecular flexibility index (Phi) is 3.50. The zero-order valence-electron chi connectivity index (χ0n) is 11.0. The first-order valence-electron chi connectivity index (χ1n) is 5.79. The summed E-state index contributed by atoms with van der Waals surface area (Å²) < 4.78 is 12.5. The monoisotopic (exact) mass is 247 g/mol. The van der Waals surface area contributed by atoms with E-state index < -0.39 is 0 Å². The van der Waals surface area contributed by atoms with Gasteiger partial charge in [-0.3, -0.25) is 0 Å². The Morgan fingerprint density at radius 3 is 2.44 bits per heavy atom. The molecule has 96 valence electrons. The lowest BCUT2D eigenvalue weighted by atomic mass is 10.2. The molecule has 1 aromatic carbocycles. The molecule has 0 amide bonds. The lowest BCUT2D eigenvalue weighted by molar-refractivity contribution is 0.355. The van der Waals surface area contributed by atoms with E-state index in [1.165, 1.54) is 0 Å². The summed E-state index contributed by atoms with van der Waals surface area (Å²) in [6.45, 7) is 4.18. The van der Waals surface area contributed by atoms with Gasteiger partial charge in [0, 0.05) is 11.6 Å². The van der Waals surface area contributed by atoms with E-state index in [1.54, 1.807) is 20.5 Å². The highest BCUT2D eigenvalue weighted by atomic mass is 16.5. The third-order valence-corrected chi connectivity index (χ3v) is 2.77. The molecule has 0 saturated carbocycles. The average Bonchev–Trinajstić information content (AvgIpc) is 2.87. The van der Waals surface area contributed by atoms with E-state index in [2.05, 4.69) is 24.0 Å². The Morgan fingerprint density at radius 2 is 1.83 bits per heavy atom. The molecule has 0 fully saturated rings. The molecule has 1 aromatic heterocycles. The molecular weight excluding hydrogens is 230 g/mol. The van der Waals surface area contributed by atoms with Crippen LogP contribution in [0, 0.1) is 0 Å². The van der Waals surface area contributed by atoms with Gasteiger partial charge in [0.05, 0.1) is 14.2 Å². The van der Waals surface area contributed by atoms with Gasteiger partial charge in [-0.1, -0.05) is 0 Å². The minimum absolute atomic E-state index is 0.308. The number of hydrogen-bond acceptors (Lipinski definition) is 4. The predicted octanol–water partition coefficient (Wildman–Crippen LogP) is 2.54. The van der Waals surface area contributed by atoms with Crippen LogP contribution in [0.4, 0.5) is 0 Å². The summed E-state index contributed by atoms with van der Waals surface area (Å²) in [5, 5.41) is 8.11. The van der Waals surface area contributed by atoms with Gasteiger partial charge in [-0.15, -0.1) is 10.2 Å². The third-order valence-electron chi connectivity index (χ3n) is 2.77. The number of aromatic nitrogens is 3. The molecule has 0 aliphatic heterocycles. The maximum atomic E-state index is 5.29. The summed E-state index contributed by atoms with van der Waals surface area (Å²) in [5.41, 5.74) is 0.957. The fourth-order valence-corrected chi connectivity index (χ4v) is 1.80. The Morgan fingerprint density at radius 1 is 1.11 bits per heavy atom. The average molecular weight is 247 g/mol. The van der Waals surface area contributed by atoms with E-state index in [4.69, 9.17) is 9.47 Å². The van der Waals surface area contributed by atoms with Gasteiger partial charge < -0.3 is 14.0 Å². The highest BCUT2D eigenvalue weighted by Crippen LogP contribution is 2.32. The van der Waals surface area contributed by atoms with Crippen LogP contribution in [0.2, 0.25) is 0 Å². The molecule has 2 aromatic rings. The fourth-order valence-electron chi connectivity index (χ4n) is 1.80. The fraction of sp³-hybridized carbons (Fsp3) is 0.385. The van der Waals surface area contributed by atoms with Crippen molar-refractivity contribution in [3.8, 4) is 22.9 Å². The summed E-state index contributed by atoms with van der Waals surface area (Å²) in [6.07, 6.45) is 1.73. The van der Waals surface area contributed by atoms with E-state index in [0.29, 0.717) is 17.5 Å². The normalized spacial score (nSPS) is 10.7. The first-order valence-corrected chi connectivity index (χ1v) is 5.79. The maximum Gasteiger partial charge on any atom is 0.164 e. The van der Waals surface area contributed by atoms with Gasteiger partial charge in [0.15, 0.2) is 17.3 Å². The predicted molar refractivity (Wildman–Crippen MR) is 68.9 cm³/mol. The second kappa shape index (κ2) is 5.08. The molecule has 0 unspecified atom stereocenters. The molecule has 5 heteroatoms. The summed E-state index contributed by atoms with van der Waals surface area (Å²) >= 11 is 0. The van der Waals surface area contributed by atoms with Crippen molar-refractivity contribution in [2.24, 2.45) is 0 Å². The molecule has 5 nitrogen and oxygen atoms in total. The highest BCUT2D eigenvalue weighted by molar-refractivity contribution is 5.61. The number of methoxy groups -OCH3 is 2. The van der Waals surface area contributed by atoms with Crippen LogP contribution in [-0.2, 0) is 0 Å². The quantitative estimate of drug-likeness (QED) is 0.833. The maximum absolute atomic E-state index is 5.29. The molecule has 1 heterocycles. The molecule has 0 saturated heterocycles. The largest absolute Gasteiger partial charge is 0.493 e. The molecule has 0 aliphatic carbocycles. The minimum Gasteiger partial charge on any atom is -0.493 e. The topological polar surface area (TPSA) is 49.2 Å². The summed E-state index contributed by atoms with van der Waals surface area (Å²) in [7, 11) is 3.24. The van der Waals surface area contributed by atoms with Crippen LogP contribution in [0.15, 0.2) is 24.5 Å². The number of ether oxygens (including phenoxy) is 2. The smallest absolute Gasteiger partial charge is 0.164 e. The molecule has 0 N–H and O–H groups in total. The van der Waals surface area contributed by atoms with Gasteiger partial charge in [-0.05, 0) is 32.0 Å². The standard InChI is InChI=1S/C13H17N3O2/c1-9(2)16-8-14-15-13(16)10-5-6-11(17-3)12(7-10)18-4/h5-9H,1-4H3. The van der Waals surface area contributed by atoms with E-state index in [0.717, 1.165) is 11.4 Å². The molecular formula is C13H17N3O2. The minimum atomic E-state index is 0.308. The number of rotatable bonds is 4. The second-order valence-corrected chi connectivity index (χ2v) is 4.23. The third kappa shape index (κ3) is 2.16. The van der Waals surface area contributed by atoms with Crippen LogP contribution in [-0.4, -0.2) is 29.0 Å². The van der Waals surface area contributed by atoms with Gasteiger partial charge >= 0.3 is 0 Å². The molecule has 0 bridgehead atoms. The van der Waals surface area contributed by atoms with Crippen molar-refractivity contribution >= 4 is 0 Å². The van der Waals surface area contributed by atoms with Gasteiger partial charge in [0.1, 0.15) is 6.33 Å². The summed E-state index contributed by atoms with van der Waals surface area (Å²) in [5.74, 6) is 2.22. The molecule has 2 rings (SSSR count). The highest BCUT2D eigenvalue weighted by Gasteiger charge is 2.12. The Balaban J connectivity index is 2.48. The van der Waals surface area contributed by atoms with Crippen molar-refractivity contribution in [2.75, 3.05) is 14.2 Å². The first kappa shape index (κ1) is 12.4. The van der Waals surface area contributed by atoms with E-state index in [1.807, 2.05) is 22.8 Å². The van der Waals surface area contributed by atoms with Crippen molar-refractivity contribution in [3.63, 3.8) is 0 Å². The zero-order valence-corrected chi connectivity index (χ0v) is 11.0. The summed E-state index contributed by atoms with van der Waals surface area (Å²) in [4.78, 5) is 0. The van der Waals surface area contributed by atoms with Crippen LogP contribution < -0.4 is 9.47 Å². The molecule has 18 heavy (non-hydrogen) atoms. The Bertz CT molecular complexity index is 535. The van der Waals surface area contributed by atoms with Crippen molar-refractivity contribution in [2.45, 2.75) is 19.9 Å². The molecule has 0 aliphatic rings. The van der Waals surface area contributed by atoms with Crippen LogP contribution in [0.3, 0.4) is 0 Å². The van der Waals surface area contributed by atoms with Crippen molar-refractivity contribution in [3.05, 3.63) is 24.5 Å². The van der Waals surface area contributed by atoms with Crippen molar-refractivity contribution in [1.29, 1.82) is 0 Å². The SMILES string of the molecule is COc1ccc(-c2nncn2C(C)C)cc1OC. The van der Waals surface area contributed by atoms with Crippen LogP contribution in [0.5, 0.6) is 11.5 Å². The van der Waals surface area contributed by atoms with Crippen LogP contribution in [0.25, 0.3) is 11.4 Å². The van der Waals surface area contributed by atoms with Crippen molar-refractivity contribution < 1.29 is 9.47 Å². The van der Waals surface area contributed by atoms with Crippen LogP contribution in [0.1, 0.15) is 19.9 Å². The van der Waals surface area contributed by atoms with Gasteiger partial charge in [0.2, 0.25) is 0 Å². The Hall–Kier alpha value is -2.04. The zero-order chi connectivity index (χ0) is 13.1. The van der Waals surface area contributed by atoms with Crippen molar-refractivity contribution in [1.82, 2.24) is 14.8 Å². The second-order valence-electron chi connectivity index (χ2n) is 4.23. The lowest BCUT2D eigenvalue weighted by Crippen LogP contribution is -2.02. The van der Waals surface area contributed by atoms with Gasteiger partial charge in [-0.2, -0.15) is 0 Å². The lowest BCUT2D eigenvalue weighted by Gasteiger charge is -2.12. The Labute approximate surface area is 106 Å². The van der Waals surface area contributed by atoms with Gasteiger partial charge in [0.25, 0.3) is 0 Å². The van der Waals surface area contributed by atoms with E-state index >= 15 is 0 Å². The molecule has 0 atom stereocenters. The summed E-state index contributed by atoms with van der Waals surface area (Å²) in [6, 6.07) is 6.03. The number of benzene rings is 1. The molecule has 0 radical (unpaired) electrons. The molecule has 0 spiro atoms. The van der Waals surface area contributed by atoms with E-state index in [9.17, 15) is 0 Å². The number of hydrogen-bond donors (Lipinski definition) is 0.